The highest BCUT2D eigenvalue weighted by molar-refractivity contribution is 9.10. The number of hydrogen-bond acceptors (Lipinski definition) is 4. The van der Waals surface area contributed by atoms with E-state index in [2.05, 4.69) is 49.5 Å². The van der Waals surface area contributed by atoms with Crippen LogP contribution in [0.2, 0.25) is 0 Å². The van der Waals surface area contributed by atoms with Gasteiger partial charge in [0.25, 0.3) is 0 Å². The van der Waals surface area contributed by atoms with Crippen LogP contribution in [0.15, 0.2) is 65.4 Å². The Bertz CT molecular complexity index is 901. The number of rotatable bonds is 3. The molecule has 6 heteroatoms. The predicted molar refractivity (Wildman–Crippen MR) is 96.9 cm³/mol. The molecule has 1 unspecified atom stereocenters. The summed E-state index contributed by atoms with van der Waals surface area (Å²) in [7, 11) is 1.67. The lowest BCUT2D eigenvalue weighted by Crippen LogP contribution is -2.20. The number of benzene rings is 2. The third kappa shape index (κ3) is 2.69. The number of fused-ring (bicyclic) bond motifs is 1. The summed E-state index contributed by atoms with van der Waals surface area (Å²) in [5.74, 6) is 1.55. The fraction of sp³-hybridized carbons (Fsp3) is 0.111. The van der Waals surface area contributed by atoms with Crippen molar-refractivity contribution in [2.75, 3.05) is 12.4 Å². The van der Waals surface area contributed by atoms with E-state index in [9.17, 15) is 0 Å². The van der Waals surface area contributed by atoms with Gasteiger partial charge in [-0.05, 0) is 35.9 Å². The van der Waals surface area contributed by atoms with Crippen molar-refractivity contribution >= 4 is 27.6 Å². The average Bonchev–Trinajstić information content (AvgIpc) is 3.10. The minimum Gasteiger partial charge on any atom is -0.497 e. The van der Waals surface area contributed by atoms with Gasteiger partial charge in [-0.3, -0.25) is 0 Å². The number of halogens is 1. The smallest absolute Gasteiger partial charge is 0.226 e. The summed E-state index contributed by atoms with van der Waals surface area (Å²) < 4.78 is 8.27. The number of anilines is 1. The van der Waals surface area contributed by atoms with Gasteiger partial charge in [0.05, 0.1) is 7.11 Å². The minimum absolute atomic E-state index is 0.0157. The lowest BCUT2D eigenvalue weighted by Gasteiger charge is -2.24. The van der Waals surface area contributed by atoms with Crippen LogP contribution in [0.25, 0.3) is 5.70 Å². The Morgan fingerprint density at radius 1 is 1.17 bits per heavy atom. The summed E-state index contributed by atoms with van der Waals surface area (Å²) in [6.45, 7) is 0. The Balaban J connectivity index is 1.79. The Labute approximate surface area is 148 Å². The summed E-state index contributed by atoms with van der Waals surface area (Å²) in [5, 5.41) is 7.70. The van der Waals surface area contributed by atoms with Crippen molar-refractivity contribution in [3.63, 3.8) is 0 Å². The quantitative estimate of drug-likeness (QED) is 0.740. The van der Waals surface area contributed by atoms with E-state index in [0.29, 0.717) is 0 Å². The van der Waals surface area contributed by atoms with E-state index in [4.69, 9.17) is 4.74 Å². The molecule has 0 fully saturated rings. The molecule has 1 atom stereocenters. The molecule has 5 nitrogen and oxygen atoms in total. The number of nitrogens with zero attached hydrogens (tertiary/aromatic N) is 3. The van der Waals surface area contributed by atoms with E-state index in [0.717, 1.165) is 33.0 Å². The Kier molecular flexibility index (Phi) is 3.82. The van der Waals surface area contributed by atoms with Gasteiger partial charge in [0.2, 0.25) is 5.95 Å². The molecule has 2 heterocycles. The molecule has 1 aliphatic rings. The van der Waals surface area contributed by atoms with Crippen LogP contribution < -0.4 is 10.1 Å². The van der Waals surface area contributed by atoms with E-state index in [1.54, 1.807) is 13.4 Å². The molecule has 0 amide bonds. The fourth-order valence-electron chi connectivity index (χ4n) is 2.79. The van der Waals surface area contributed by atoms with Gasteiger partial charge in [-0.15, -0.1) is 0 Å². The Morgan fingerprint density at radius 3 is 2.79 bits per heavy atom. The maximum Gasteiger partial charge on any atom is 0.226 e. The van der Waals surface area contributed by atoms with Crippen LogP contribution in [0.5, 0.6) is 5.75 Å². The first-order chi connectivity index (χ1) is 11.7. The minimum atomic E-state index is -0.0157. The topological polar surface area (TPSA) is 52.0 Å². The largest absolute Gasteiger partial charge is 0.497 e. The number of hydrogen-bond donors (Lipinski definition) is 1. The van der Waals surface area contributed by atoms with Crippen molar-refractivity contribution < 1.29 is 4.74 Å². The molecular weight excluding hydrogens is 368 g/mol. The van der Waals surface area contributed by atoms with Crippen molar-refractivity contribution in [2.45, 2.75) is 6.04 Å². The van der Waals surface area contributed by atoms with Gasteiger partial charge in [0, 0.05) is 15.7 Å². The molecule has 0 saturated heterocycles. The van der Waals surface area contributed by atoms with Gasteiger partial charge in [0.1, 0.15) is 18.1 Å². The number of allylic oxidation sites excluding steroid dienone is 1. The van der Waals surface area contributed by atoms with Gasteiger partial charge in [-0.25, -0.2) is 4.68 Å². The van der Waals surface area contributed by atoms with Crippen LogP contribution in [0.4, 0.5) is 5.95 Å². The lowest BCUT2D eigenvalue weighted by molar-refractivity contribution is 0.414. The van der Waals surface area contributed by atoms with E-state index >= 15 is 0 Å². The number of aromatic nitrogens is 3. The van der Waals surface area contributed by atoms with Crippen LogP contribution >= 0.6 is 15.9 Å². The molecular formula is C18H15BrN4O. The summed E-state index contributed by atoms with van der Waals surface area (Å²) >= 11 is 3.48. The van der Waals surface area contributed by atoms with Crippen LogP contribution in [0, 0.1) is 0 Å². The molecule has 4 rings (SSSR count). The molecule has 0 saturated carbocycles. The molecule has 0 bridgehead atoms. The van der Waals surface area contributed by atoms with Crippen LogP contribution in [0.1, 0.15) is 17.2 Å². The standard InChI is InChI=1S/C18H15BrN4O/c1-24-15-4-2-3-13(9-15)16-10-17(12-5-7-14(19)8-6-12)23-18(22-16)20-11-21-23/h2-11,17H,1H3,(H,20,21,22). The zero-order valence-electron chi connectivity index (χ0n) is 13.0. The molecule has 0 spiro atoms. The van der Waals surface area contributed by atoms with E-state index in [1.807, 2.05) is 41.1 Å². The van der Waals surface area contributed by atoms with Gasteiger partial charge >= 0.3 is 0 Å². The van der Waals surface area contributed by atoms with Crippen molar-refractivity contribution in [1.29, 1.82) is 0 Å². The molecule has 0 aliphatic carbocycles. The molecule has 1 N–H and O–H groups in total. The van der Waals surface area contributed by atoms with Crippen molar-refractivity contribution in [2.24, 2.45) is 0 Å². The second-order valence-corrected chi connectivity index (χ2v) is 6.38. The molecule has 3 aromatic rings. The maximum absolute atomic E-state index is 5.33. The van der Waals surface area contributed by atoms with Gasteiger partial charge < -0.3 is 10.1 Å². The SMILES string of the molecule is COc1cccc(C2=CC(c3ccc(Br)cc3)n3ncnc3N2)c1. The van der Waals surface area contributed by atoms with Gasteiger partial charge in [0.15, 0.2) is 0 Å². The van der Waals surface area contributed by atoms with Crippen LogP contribution in [-0.2, 0) is 0 Å². The van der Waals surface area contributed by atoms with Crippen LogP contribution in [0.3, 0.4) is 0 Å². The normalized spacial score (nSPS) is 16.1. The average molecular weight is 383 g/mol. The summed E-state index contributed by atoms with van der Waals surface area (Å²) in [5.41, 5.74) is 3.18. The predicted octanol–water partition coefficient (Wildman–Crippen LogP) is 4.11. The van der Waals surface area contributed by atoms with Gasteiger partial charge in [-0.2, -0.15) is 10.1 Å². The third-order valence-corrected chi connectivity index (χ3v) is 4.53. The van der Waals surface area contributed by atoms with Crippen molar-refractivity contribution in [1.82, 2.24) is 14.8 Å². The van der Waals surface area contributed by atoms with Crippen molar-refractivity contribution in [3.05, 3.63) is 76.5 Å². The molecule has 120 valence electrons. The first-order valence-corrected chi connectivity index (χ1v) is 8.32. The highest BCUT2D eigenvalue weighted by atomic mass is 79.9. The second kappa shape index (κ2) is 6.13. The fourth-order valence-corrected chi connectivity index (χ4v) is 3.05. The summed E-state index contributed by atoms with van der Waals surface area (Å²) in [4.78, 5) is 4.33. The molecule has 0 radical (unpaired) electrons. The van der Waals surface area contributed by atoms with Gasteiger partial charge in [-0.1, -0.05) is 40.2 Å². The van der Waals surface area contributed by atoms with E-state index in [-0.39, 0.29) is 6.04 Å². The van der Waals surface area contributed by atoms with Crippen molar-refractivity contribution in [3.8, 4) is 5.75 Å². The van der Waals surface area contributed by atoms with E-state index in [1.165, 1.54) is 0 Å². The maximum atomic E-state index is 5.33. The summed E-state index contributed by atoms with van der Waals surface area (Å²) in [6.07, 6.45) is 3.72. The number of methoxy groups -OCH3 is 1. The summed E-state index contributed by atoms with van der Waals surface area (Å²) in [6, 6.07) is 16.2. The zero-order valence-corrected chi connectivity index (χ0v) is 14.6. The molecule has 1 aromatic heterocycles. The monoisotopic (exact) mass is 382 g/mol. The Hall–Kier alpha value is -2.60. The van der Waals surface area contributed by atoms with E-state index < -0.39 is 0 Å². The highest BCUT2D eigenvalue weighted by Gasteiger charge is 2.23. The second-order valence-electron chi connectivity index (χ2n) is 5.46. The third-order valence-electron chi connectivity index (χ3n) is 4.00. The number of nitrogens with one attached hydrogen (secondary N) is 1. The Morgan fingerprint density at radius 2 is 2.00 bits per heavy atom. The number of ether oxygens (including phenoxy) is 1. The highest BCUT2D eigenvalue weighted by Crippen LogP contribution is 2.33. The lowest BCUT2D eigenvalue weighted by atomic mass is 10.0. The van der Waals surface area contributed by atoms with Crippen LogP contribution in [-0.4, -0.2) is 21.9 Å². The molecule has 2 aromatic carbocycles. The molecule has 1 aliphatic heterocycles. The first-order valence-electron chi connectivity index (χ1n) is 7.53. The first kappa shape index (κ1) is 15.0. The zero-order chi connectivity index (χ0) is 16.5. The molecule has 24 heavy (non-hydrogen) atoms.